The number of nitrogens with zero attached hydrogens (tertiary/aromatic N) is 1. The summed E-state index contributed by atoms with van der Waals surface area (Å²) in [5.74, 6) is 1.48. The lowest BCUT2D eigenvalue weighted by molar-refractivity contribution is 0.104. The standard InChI is InChI=1S/C17H30N2O3SSi/c1-12(23-19-18)16(21-6)13-9-10-14(15(11-13)20-5)22-24(7,8)17(2,3)4/h9-12,16,18H,1-8H3. The van der Waals surface area contributed by atoms with E-state index in [2.05, 4.69) is 38.4 Å². The Morgan fingerprint density at radius 3 is 2.25 bits per heavy atom. The van der Waals surface area contributed by atoms with E-state index in [1.165, 1.54) is 11.9 Å². The highest BCUT2D eigenvalue weighted by molar-refractivity contribution is 7.98. The Kier molecular flexibility index (Phi) is 7.31. The summed E-state index contributed by atoms with van der Waals surface area (Å²) < 4.78 is 20.9. The first-order valence-electron chi connectivity index (χ1n) is 7.99. The van der Waals surface area contributed by atoms with Gasteiger partial charge >= 0.3 is 0 Å². The Morgan fingerprint density at radius 1 is 1.17 bits per heavy atom. The van der Waals surface area contributed by atoms with Gasteiger partial charge in [-0.15, -0.1) is 4.52 Å². The van der Waals surface area contributed by atoms with Crippen LogP contribution in [0.1, 0.15) is 39.4 Å². The van der Waals surface area contributed by atoms with Crippen molar-refractivity contribution in [2.24, 2.45) is 4.52 Å². The van der Waals surface area contributed by atoms with E-state index in [1.54, 1.807) is 14.2 Å². The third-order valence-corrected chi connectivity index (χ3v) is 9.61. The van der Waals surface area contributed by atoms with Crippen LogP contribution >= 0.6 is 11.9 Å². The summed E-state index contributed by atoms with van der Waals surface area (Å²) in [6, 6.07) is 5.91. The molecule has 136 valence electrons. The van der Waals surface area contributed by atoms with Gasteiger partial charge in [0.25, 0.3) is 8.32 Å². The molecule has 1 aromatic carbocycles. The van der Waals surface area contributed by atoms with Crippen molar-refractivity contribution in [1.29, 1.82) is 5.53 Å². The van der Waals surface area contributed by atoms with Crippen molar-refractivity contribution in [1.82, 2.24) is 0 Å². The number of hydrogen-bond donors (Lipinski definition) is 1. The van der Waals surface area contributed by atoms with Crippen LogP contribution in [0.3, 0.4) is 0 Å². The first-order valence-corrected chi connectivity index (χ1v) is 11.7. The van der Waals surface area contributed by atoms with Crippen molar-refractivity contribution in [3.63, 3.8) is 0 Å². The fourth-order valence-electron chi connectivity index (χ4n) is 2.11. The van der Waals surface area contributed by atoms with Crippen LogP contribution in [0.2, 0.25) is 18.1 Å². The summed E-state index contributed by atoms with van der Waals surface area (Å²) in [7, 11) is 1.38. The van der Waals surface area contributed by atoms with Crippen LogP contribution in [-0.2, 0) is 4.74 Å². The third kappa shape index (κ3) is 4.97. The molecule has 7 heteroatoms. The molecule has 0 spiro atoms. The van der Waals surface area contributed by atoms with E-state index in [4.69, 9.17) is 19.4 Å². The lowest BCUT2D eigenvalue weighted by Crippen LogP contribution is -2.43. The van der Waals surface area contributed by atoms with Gasteiger partial charge in [0, 0.05) is 19.1 Å². The van der Waals surface area contributed by atoms with E-state index < -0.39 is 8.32 Å². The molecule has 24 heavy (non-hydrogen) atoms. The van der Waals surface area contributed by atoms with Gasteiger partial charge in [0.15, 0.2) is 5.75 Å². The first-order chi connectivity index (χ1) is 11.1. The lowest BCUT2D eigenvalue weighted by atomic mass is 10.1. The molecule has 1 rings (SSSR count). The molecule has 0 fully saturated rings. The van der Waals surface area contributed by atoms with E-state index in [0.29, 0.717) is 5.75 Å². The van der Waals surface area contributed by atoms with E-state index in [0.717, 1.165) is 11.3 Å². The zero-order valence-electron chi connectivity index (χ0n) is 16.0. The van der Waals surface area contributed by atoms with E-state index in [1.807, 2.05) is 25.1 Å². The van der Waals surface area contributed by atoms with Crippen LogP contribution in [0.15, 0.2) is 22.7 Å². The number of rotatable bonds is 8. The number of benzene rings is 1. The quantitative estimate of drug-likeness (QED) is 0.355. The predicted molar refractivity (Wildman–Crippen MR) is 103 cm³/mol. The van der Waals surface area contributed by atoms with Gasteiger partial charge in [0.1, 0.15) is 5.75 Å². The molecular formula is C17H30N2O3SSi. The second kappa shape index (κ2) is 8.36. The van der Waals surface area contributed by atoms with Gasteiger partial charge in [0.05, 0.1) is 18.5 Å². The minimum atomic E-state index is -1.94. The van der Waals surface area contributed by atoms with Gasteiger partial charge in [-0.05, 0) is 42.8 Å². The largest absolute Gasteiger partial charge is 0.541 e. The highest BCUT2D eigenvalue weighted by Crippen LogP contribution is 2.41. The lowest BCUT2D eigenvalue weighted by Gasteiger charge is -2.37. The number of ether oxygens (including phenoxy) is 2. The molecule has 1 N–H and O–H groups in total. The highest BCUT2D eigenvalue weighted by Gasteiger charge is 2.39. The Hall–Kier alpha value is -1.05. The molecule has 0 bridgehead atoms. The van der Waals surface area contributed by atoms with Crippen molar-refractivity contribution in [3.05, 3.63) is 23.8 Å². The SMILES string of the molecule is COc1cc(C(OC)C(C)SN=N)ccc1O[Si](C)(C)C(C)(C)C. The maximum atomic E-state index is 7.03. The number of hydrogen-bond acceptors (Lipinski definition) is 6. The molecule has 0 amide bonds. The molecular weight excluding hydrogens is 340 g/mol. The monoisotopic (exact) mass is 370 g/mol. The van der Waals surface area contributed by atoms with Crippen LogP contribution < -0.4 is 9.16 Å². The van der Waals surface area contributed by atoms with Gasteiger partial charge < -0.3 is 13.9 Å². The third-order valence-electron chi connectivity index (χ3n) is 4.59. The molecule has 0 aromatic heterocycles. The molecule has 0 saturated heterocycles. The van der Waals surface area contributed by atoms with Crippen molar-refractivity contribution in [2.45, 2.75) is 57.2 Å². The average Bonchev–Trinajstić information content (AvgIpc) is 2.48. The first kappa shape index (κ1) is 21.0. The zero-order valence-corrected chi connectivity index (χ0v) is 17.8. The summed E-state index contributed by atoms with van der Waals surface area (Å²) in [5, 5.41) is 0.149. The smallest absolute Gasteiger partial charge is 0.250 e. The number of methoxy groups -OCH3 is 2. The topological polar surface area (TPSA) is 63.9 Å². The Labute approximate surface area is 151 Å². The predicted octanol–water partition coefficient (Wildman–Crippen LogP) is 5.83. The Morgan fingerprint density at radius 2 is 1.79 bits per heavy atom. The fraction of sp³-hybridized carbons (Fsp3) is 0.647. The fourth-order valence-corrected chi connectivity index (χ4v) is 3.68. The Bertz CT molecular complexity index is 561. The normalized spacial score (nSPS) is 14.8. The molecule has 2 unspecified atom stereocenters. The molecule has 5 nitrogen and oxygen atoms in total. The molecule has 2 atom stereocenters. The maximum absolute atomic E-state index is 7.03. The summed E-state index contributed by atoms with van der Waals surface area (Å²) >= 11 is 1.19. The van der Waals surface area contributed by atoms with Crippen LogP contribution in [0.25, 0.3) is 0 Å². The number of nitrogens with one attached hydrogen (secondary N) is 1. The molecule has 0 saturated carbocycles. The van der Waals surface area contributed by atoms with Crippen molar-refractivity contribution >= 4 is 20.3 Å². The minimum absolute atomic E-state index is 0.0318. The van der Waals surface area contributed by atoms with Gasteiger partial charge in [-0.3, -0.25) is 0 Å². The molecule has 0 aliphatic carbocycles. The van der Waals surface area contributed by atoms with Crippen molar-refractivity contribution < 1.29 is 13.9 Å². The van der Waals surface area contributed by atoms with Crippen LogP contribution in [0.5, 0.6) is 11.5 Å². The summed E-state index contributed by atoms with van der Waals surface area (Å²) in [4.78, 5) is 0. The Balaban J connectivity index is 3.14. The second-order valence-electron chi connectivity index (χ2n) is 7.33. The summed E-state index contributed by atoms with van der Waals surface area (Å²) in [6.07, 6.45) is -0.167. The average molecular weight is 371 g/mol. The van der Waals surface area contributed by atoms with Gasteiger partial charge in [-0.1, -0.05) is 26.8 Å². The van der Waals surface area contributed by atoms with Crippen LogP contribution in [0.4, 0.5) is 0 Å². The van der Waals surface area contributed by atoms with E-state index in [-0.39, 0.29) is 16.4 Å². The zero-order chi connectivity index (χ0) is 18.5. The molecule has 0 aliphatic heterocycles. The second-order valence-corrected chi connectivity index (χ2v) is 13.2. The van der Waals surface area contributed by atoms with Crippen molar-refractivity contribution in [2.75, 3.05) is 14.2 Å². The summed E-state index contributed by atoms with van der Waals surface area (Å²) in [5.41, 5.74) is 8.01. The minimum Gasteiger partial charge on any atom is -0.541 e. The van der Waals surface area contributed by atoms with Crippen molar-refractivity contribution in [3.8, 4) is 11.5 Å². The van der Waals surface area contributed by atoms with Gasteiger partial charge in [-0.25, -0.2) is 0 Å². The van der Waals surface area contributed by atoms with Crippen LogP contribution in [-0.4, -0.2) is 27.8 Å². The molecule has 0 radical (unpaired) electrons. The summed E-state index contributed by atoms with van der Waals surface area (Å²) in [6.45, 7) is 13.1. The van der Waals surface area contributed by atoms with Crippen LogP contribution in [0, 0.1) is 5.53 Å². The van der Waals surface area contributed by atoms with Gasteiger partial charge in [0.2, 0.25) is 0 Å². The highest BCUT2D eigenvalue weighted by atomic mass is 32.2. The van der Waals surface area contributed by atoms with E-state index >= 15 is 0 Å². The molecule has 0 heterocycles. The molecule has 1 aromatic rings. The molecule has 0 aliphatic rings. The van der Waals surface area contributed by atoms with E-state index in [9.17, 15) is 0 Å². The maximum Gasteiger partial charge on any atom is 0.250 e. The van der Waals surface area contributed by atoms with Gasteiger partial charge in [-0.2, -0.15) is 5.53 Å².